The van der Waals surface area contributed by atoms with Gasteiger partial charge in [-0.25, -0.2) is 0 Å². The van der Waals surface area contributed by atoms with Gasteiger partial charge in [0.25, 0.3) is 0 Å². The number of unbranched alkanes of at least 4 members (excludes halogenated alkanes) is 10. The van der Waals surface area contributed by atoms with Crippen LogP contribution in [0.25, 0.3) is 33.4 Å². The van der Waals surface area contributed by atoms with Crippen molar-refractivity contribution in [2.45, 2.75) is 157 Å². The lowest BCUT2D eigenvalue weighted by molar-refractivity contribution is 0.294. The van der Waals surface area contributed by atoms with Crippen molar-refractivity contribution in [3.63, 3.8) is 0 Å². The van der Waals surface area contributed by atoms with Crippen LogP contribution in [0.5, 0.6) is 23.0 Å². The number of rotatable bonds is 26. The fraction of sp³-hybridized carbons (Fsp3) is 0.519. The number of hydrogen-bond acceptors (Lipinski definition) is 4. The van der Waals surface area contributed by atoms with Gasteiger partial charge in [0.1, 0.15) is 23.0 Å². The molecule has 0 N–H and O–H groups in total. The van der Waals surface area contributed by atoms with E-state index in [4.69, 9.17) is 18.9 Å². The van der Waals surface area contributed by atoms with E-state index in [9.17, 15) is 0 Å². The second-order valence-electron chi connectivity index (χ2n) is 16.6. The number of hydrogen-bond donors (Lipinski definition) is 0. The molecular formula is C54H72O4. The highest BCUT2D eigenvalue weighted by molar-refractivity contribution is 6.20. The number of benzene rings is 4. The summed E-state index contributed by atoms with van der Waals surface area (Å²) in [6, 6.07) is 23.4. The highest BCUT2D eigenvalue weighted by Crippen LogP contribution is 2.59. The monoisotopic (exact) mass is 785 g/mol. The van der Waals surface area contributed by atoms with E-state index >= 15 is 0 Å². The normalized spacial score (nSPS) is 13.6. The van der Waals surface area contributed by atoms with Crippen LogP contribution in [0.2, 0.25) is 0 Å². The summed E-state index contributed by atoms with van der Waals surface area (Å²) in [4.78, 5) is 0. The summed E-state index contributed by atoms with van der Waals surface area (Å²) < 4.78 is 26.6. The Bertz CT molecular complexity index is 1830. The molecule has 4 aromatic carbocycles. The molecule has 4 heteroatoms. The van der Waals surface area contributed by atoms with Gasteiger partial charge in [0.15, 0.2) is 0 Å². The van der Waals surface area contributed by atoms with E-state index in [2.05, 4.69) is 102 Å². The molecule has 0 fully saturated rings. The maximum absolute atomic E-state index is 6.77. The average Bonchev–Trinajstić information content (AvgIpc) is 3.72. The van der Waals surface area contributed by atoms with Crippen LogP contribution < -0.4 is 18.9 Å². The van der Waals surface area contributed by atoms with Gasteiger partial charge in [-0.15, -0.1) is 0 Å². The van der Waals surface area contributed by atoms with Crippen molar-refractivity contribution >= 4 is 11.1 Å². The molecule has 0 spiro atoms. The largest absolute Gasteiger partial charge is 0.493 e. The van der Waals surface area contributed by atoms with Crippen molar-refractivity contribution in [1.29, 1.82) is 0 Å². The summed E-state index contributed by atoms with van der Waals surface area (Å²) in [6.45, 7) is 16.2. The van der Waals surface area contributed by atoms with Gasteiger partial charge >= 0.3 is 0 Å². The molecule has 0 atom stereocenters. The van der Waals surface area contributed by atoms with Crippen LogP contribution in [-0.4, -0.2) is 26.4 Å². The molecule has 58 heavy (non-hydrogen) atoms. The lowest BCUT2D eigenvalue weighted by atomic mass is 9.90. The van der Waals surface area contributed by atoms with Gasteiger partial charge in [0.05, 0.1) is 26.4 Å². The summed E-state index contributed by atoms with van der Waals surface area (Å²) in [5, 5.41) is 0. The molecule has 2 aliphatic rings. The molecule has 0 bridgehead atoms. The Morgan fingerprint density at radius 3 is 1.09 bits per heavy atom. The van der Waals surface area contributed by atoms with E-state index in [1.54, 1.807) is 0 Å². The molecule has 0 aromatic heterocycles. The molecule has 0 unspecified atom stereocenters. The summed E-state index contributed by atoms with van der Waals surface area (Å²) in [5.41, 5.74) is 15.2. The first kappa shape index (κ1) is 43.4. The van der Waals surface area contributed by atoms with E-state index < -0.39 is 0 Å². The van der Waals surface area contributed by atoms with E-state index in [-0.39, 0.29) is 0 Å². The van der Waals surface area contributed by atoms with Crippen molar-refractivity contribution < 1.29 is 18.9 Å². The molecule has 4 nitrogen and oxygen atoms in total. The minimum absolute atomic E-state index is 0.683. The Hall–Kier alpha value is -4.18. The lowest BCUT2D eigenvalue weighted by Gasteiger charge is -2.17. The molecule has 312 valence electrons. The second kappa shape index (κ2) is 22.3. The molecular weight excluding hydrogens is 713 g/mol. The summed E-state index contributed by atoms with van der Waals surface area (Å²) in [7, 11) is 0. The minimum atomic E-state index is 0.683. The first-order valence-electron chi connectivity index (χ1n) is 23.5. The van der Waals surface area contributed by atoms with Gasteiger partial charge < -0.3 is 18.9 Å². The van der Waals surface area contributed by atoms with Crippen molar-refractivity contribution in [1.82, 2.24) is 0 Å². The molecule has 0 heterocycles. The van der Waals surface area contributed by atoms with Gasteiger partial charge in [-0.2, -0.15) is 0 Å². The molecule has 6 rings (SSSR count). The third kappa shape index (κ3) is 10.3. The predicted molar refractivity (Wildman–Crippen MR) is 246 cm³/mol. The van der Waals surface area contributed by atoms with E-state index in [0.717, 1.165) is 87.2 Å². The van der Waals surface area contributed by atoms with Crippen molar-refractivity contribution in [2.24, 2.45) is 0 Å². The van der Waals surface area contributed by atoms with Gasteiger partial charge in [-0.1, -0.05) is 142 Å². The third-order valence-corrected chi connectivity index (χ3v) is 11.9. The smallest absolute Gasteiger partial charge is 0.131 e. The molecule has 0 aliphatic heterocycles. The average molecular weight is 785 g/mol. The van der Waals surface area contributed by atoms with E-state index in [1.807, 2.05) is 0 Å². The first-order valence-corrected chi connectivity index (χ1v) is 23.5. The first-order chi connectivity index (χ1) is 28.6. The SMILES string of the molecule is CCCCCCc1ccc2c(c1)-c1c(OCCCC)cc(OCCCC)cc1/C2=C1\c2ccc(CCCCCC)cc2-c2c(OCCCC)cc(OCCCC)cc21. The van der Waals surface area contributed by atoms with Gasteiger partial charge in [-0.05, 0) is 119 Å². The van der Waals surface area contributed by atoms with Gasteiger partial charge in [0.2, 0.25) is 0 Å². The van der Waals surface area contributed by atoms with E-state index in [1.165, 1.54) is 118 Å². The summed E-state index contributed by atoms with van der Waals surface area (Å²) in [6.07, 6.45) is 20.6. The topological polar surface area (TPSA) is 36.9 Å². The predicted octanol–water partition coefficient (Wildman–Crippen LogP) is 15.6. The molecule has 0 radical (unpaired) electrons. The maximum Gasteiger partial charge on any atom is 0.131 e. The van der Waals surface area contributed by atoms with Crippen LogP contribution in [0.1, 0.15) is 178 Å². The van der Waals surface area contributed by atoms with Crippen molar-refractivity contribution in [3.05, 3.63) is 94.0 Å². The number of fused-ring (bicyclic) bond motifs is 6. The lowest BCUT2D eigenvalue weighted by Crippen LogP contribution is -2.02. The highest BCUT2D eigenvalue weighted by Gasteiger charge is 2.37. The third-order valence-electron chi connectivity index (χ3n) is 11.9. The van der Waals surface area contributed by atoms with Gasteiger partial charge in [-0.3, -0.25) is 0 Å². The van der Waals surface area contributed by atoms with Crippen LogP contribution in [0, 0.1) is 0 Å². The standard InChI is InChI=1S/C54H72O4/c1-7-13-19-21-23-39-25-27-43-45(33-39)51-47(35-41(55-29-15-9-3)37-49(51)57-31-17-11-5)53(43)54-44-28-26-40(24-22-20-14-8-2)34-46(44)52-48(54)36-42(56-30-16-10-4)38-50(52)58-32-18-12-6/h25-28,33-38H,7-24,29-32H2,1-6H3/b54-53+. The van der Waals surface area contributed by atoms with Crippen molar-refractivity contribution in [2.75, 3.05) is 26.4 Å². The van der Waals surface area contributed by atoms with Crippen LogP contribution in [0.15, 0.2) is 60.7 Å². The highest BCUT2D eigenvalue weighted by atomic mass is 16.5. The molecule has 0 amide bonds. The quantitative estimate of drug-likeness (QED) is 0.0513. The Balaban J connectivity index is 1.63. The van der Waals surface area contributed by atoms with Crippen LogP contribution in [0.3, 0.4) is 0 Å². The fourth-order valence-corrected chi connectivity index (χ4v) is 8.53. The second-order valence-corrected chi connectivity index (χ2v) is 16.6. The van der Waals surface area contributed by atoms with Crippen molar-refractivity contribution in [3.8, 4) is 45.3 Å². The zero-order valence-electron chi connectivity index (χ0n) is 37.0. The summed E-state index contributed by atoms with van der Waals surface area (Å²) in [5.74, 6) is 3.62. The zero-order chi connectivity index (χ0) is 40.7. The summed E-state index contributed by atoms with van der Waals surface area (Å²) >= 11 is 0. The molecule has 0 saturated carbocycles. The minimum Gasteiger partial charge on any atom is -0.493 e. The maximum atomic E-state index is 6.77. The molecule has 0 saturated heterocycles. The zero-order valence-corrected chi connectivity index (χ0v) is 37.0. The van der Waals surface area contributed by atoms with E-state index in [0.29, 0.717) is 26.4 Å². The Kier molecular flexibility index (Phi) is 16.7. The van der Waals surface area contributed by atoms with Crippen LogP contribution in [-0.2, 0) is 12.8 Å². The Morgan fingerprint density at radius 1 is 0.328 bits per heavy atom. The van der Waals surface area contributed by atoms with Gasteiger partial charge in [0, 0.05) is 23.3 Å². The number of aryl methyl sites for hydroxylation is 2. The molecule has 4 aromatic rings. The Morgan fingerprint density at radius 2 is 0.707 bits per heavy atom. The fourth-order valence-electron chi connectivity index (χ4n) is 8.53. The van der Waals surface area contributed by atoms with Crippen LogP contribution >= 0.6 is 0 Å². The Labute approximate surface area is 351 Å². The molecule has 2 aliphatic carbocycles. The number of ether oxygens (including phenoxy) is 4. The van der Waals surface area contributed by atoms with Crippen LogP contribution in [0.4, 0.5) is 0 Å².